The molecule has 130 valence electrons. The zero-order valence-electron chi connectivity index (χ0n) is 12.8. The van der Waals surface area contributed by atoms with Gasteiger partial charge in [0.1, 0.15) is 11.4 Å². The number of hydrogen-bond acceptors (Lipinski definition) is 3. The molecule has 0 saturated carbocycles. The van der Waals surface area contributed by atoms with Crippen molar-refractivity contribution in [3.8, 4) is 10.6 Å². The number of anilines is 1. The molecule has 0 saturated heterocycles. The Kier molecular flexibility index (Phi) is 4.57. The number of hydrogen-bond donors (Lipinski definition) is 1. The first-order valence-corrected chi connectivity index (χ1v) is 8.22. The summed E-state index contributed by atoms with van der Waals surface area (Å²) in [6.07, 6.45) is -4.48. The Morgan fingerprint density at radius 2 is 1.88 bits per heavy atom. The Hall–Kier alpha value is -2.32. The maximum Gasteiger partial charge on any atom is 0.433 e. The third kappa shape index (κ3) is 3.85. The lowest BCUT2D eigenvalue weighted by atomic mass is 10.3. The third-order valence-electron chi connectivity index (χ3n) is 3.35. The molecule has 2 aromatic heterocycles. The van der Waals surface area contributed by atoms with Crippen molar-refractivity contribution in [2.75, 3.05) is 5.32 Å². The quantitative estimate of drug-likeness (QED) is 0.684. The van der Waals surface area contributed by atoms with Crippen LogP contribution in [0.4, 0.5) is 18.9 Å². The molecule has 1 aromatic carbocycles. The number of amides is 1. The average molecular weight is 386 g/mol. The molecule has 1 amide bonds. The van der Waals surface area contributed by atoms with E-state index in [4.69, 9.17) is 11.6 Å². The highest BCUT2D eigenvalue weighted by Crippen LogP contribution is 2.34. The summed E-state index contributed by atoms with van der Waals surface area (Å²) in [5, 5.41) is 7.12. The van der Waals surface area contributed by atoms with Crippen molar-refractivity contribution in [2.24, 2.45) is 7.05 Å². The lowest BCUT2D eigenvalue weighted by Crippen LogP contribution is -2.11. The molecule has 0 aliphatic heterocycles. The molecule has 0 unspecified atom stereocenters. The van der Waals surface area contributed by atoms with E-state index in [-0.39, 0.29) is 11.6 Å². The van der Waals surface area contributed by atoms with Gasteiger partial charge in [-0.15, -0.1) is 11.3 Å². The second kappa shape index (κ2) is 6.53. The van der Waals surface area contributed by atoms with Gasteiger partial charge >= 0.3 is 6.18 Å². The standard InChI is InChI=1S/C16H11ClF3N3OS/c1-23-14(16(18,19)20)8-11(22-23)12-6-7-13(25-12)15(24)21-10-4-2-9(17)3-5-10/h2-8H,1H3,(H,21,24). The predicted molar refractivity (Wildman–Crippen MR) is 90.9 cm³/mol. The van der Waals surface area contributed by atoms with Gasteiger partial charge in [-0.3, -0.25) is 9.48 Å². The fourth-order valence-electron chi connectivity index (χ4n) is 2.18. The van der Waals surface area contributed by atoms with Crippen LogP contribution in [0, 0.1) is 0 Å². The first-order valence-electron chi connectivity index (χ1n) is 7.02. The van der Waals surface area contributed by atoms with Crippen LogP contribution in [0.1, 0.15) is 15.4 Å². The van der Waals surface area contributed by atoms with Crippen LogP contribution in [0.25, 0.3) is 10.6 Å². The highest BCUT2D eigenvalue weighted by molar-refractivity contribution is 7.17. The van der Waals surface area contributed by atoms with E-state index in [0.717, 1.165) is 22.1 Å². The van der Waals surface area contributed by atoms with Crippen molar-refractivity contribution in [3.63, 3.8) is 0 Å². The normalized spacial score (nSPS) is 11.6. The van der Waals surface area contributed by atoms with Crippen LogP contribution in [0.15, 0.2) is 42.5 Å². The van der Waals surface area contributed by atoms with E-state index in [1.54, 1.807) is 36.4 Å². The molecule has 1 N–H and O–H groups in total. The SMILES string of the molecule is Cn1nc(-c2ccc(C(=O)Nc3ccc(Cl)cc3)s2)cc1C(F)(F)F. The second-order valence-corrected chi connectivity index (χ2v) is 6.68. The van der Waals surface area contributed by atoms with Gasteiger partial charge in [0.05, 0.1) is 9.75 Å². The summed E-state index contributed by atoms with van der Waals surface area (Å²) in [5.41, 5.74) is -0.102. The largest absolute Gasteiger partial charge is 0.433 e. The molecule has 0 radical (unpaired) electrons. The van der Waals surface area contributed by atoms with Crippen LogP contribution in [-0.2, 0) is 13.2 Å². The molecule has 2 heterocycles. The van der Waals surface area contributed by atoms with Crippen LogP contribution in [0.3, 0.4) is 0 Å². The molecule has 3 rings (SSSR count). The first-order chi connectivity index (χ1) is 11.7. The molecule has 0 fully saturated rings. The zero-order chi connectivity index (χ0) is 18.2. The van der Waals surface area contributed by atoms with Crippen molar-refractivity contribution in [3.05, 3.63) is 58.1 Å². The fraction of sp³-hybridized carbons (Fsp3) is 0.125. The molecule has 0 spiro atoms. The summed E-state index contributed by atoms with van der Waals surface area (Å²) in [6.45, 7) is 0. The van der Waals surface area contributed by atoms with E-state index in [1.807, 2.05) is 0 Å². The van der Waals surface area contributed by atoms with Crippen LogP contribution in [0.2, 0.25) is 5.02 Å². The van der Waals surface area contributed by atoms with Gasteiger partial charge in [-0.2, -0.15) is 18.3 Å². The minimum absolute atomic E-state index is 0.172. The summed E-state index contributed by atoms with van der Waals surface area (Å²) in [7, 11) is 1.23. The number of halogens is 4. The van der Waals surface area contributed by atoms with E-state index in [0.29, 0.717) is 20.5 Å². The first kappa shape index (κ1) is 17.5. The molecule has 9 heteroatoms. The van der Waals surface area contributed by atoms with Crippen LogP contribution < -0.4 is 5.32 Å². The Labute approximate surface area is 149 Å². The van der Waals surface area contributed by atoms with Gasteiger partial charge in [0, 0.05) is 17.8 Å². The van der Waals surface area contributed by atoms with E-state index in [1.165, 1.54) is 7.05 Å². The molecule has 0 atom stereocenters. The predicted octanol–water partition coefficient (Wildman–Crippen LogP) is 5.07. The number of rotatable bonds is 3. The molecule has 0 aliphatic rings. The lowest BCUT2D eigenvalue weighted by molar-refractivity contribution is -0.143. The van der Waals surface area contributed by atoms with Gasteiger partial charge in [-0.05, 0) is 42.5 Å². The minimum Gasteiger partial charge on any atom is -0.321 e. The maximum atomic E-state index is 12.9. The van der Waals surface area contributed by atoms with Crippen molar-refractivity contribution in [1.29, 1.82) is 0 Å². The number of nitrogens with one attached hydrogen (secondary N) is 1. The van der Waals surface area contributed by atoms with E-state index in [2.05, 4.69) is 10.4 Å². The molecule has 3 aromatic rings. The Bertz CT molecular complexity index is 916. The third-order valence-corrected chi connectivity index (χ3v) is 4.71. The number of aromatic nitrogens is 2. The lowest BCUT2D eigenvalue weighted by Gasteiger charge is -2.04. The number of carbonyl (C=O) groups excluding carboxylic acids is 1. The smallest absolute Gasteiger partial charge is 0.321 e. The van der Waals surface area contributed by atoms with Crippen LogP contribution in [0.5, 0.6) is 0 Å². The number of carbonyl (C=O) groups is 1. The van der Waals surface area contributed by atoms with Crippen molar-refractivity contribution < 1.29 is 18.0 Å². The molecule has 4 nitrogen and oxygen atoms in total. The summed E-state index contributed by atoms with van der Waals surface area (Å²) >= 11 is 6.85. The average Bonchev–Trinajstić information content (AvgIpc) is 3.15. The fourth-order valence-corrected chi connectivity index (χ4v) is 3.16. The monoisotopic (exact) mass is 385 g/mol. The van der Waals surface area contributed by atoms with E-state index < -0.39 is 11.9 Å². The Morgan fingerprint density at radius 1 is 1.20 bits per heavy atom. The second-order valence-electron chi connectivity index (χ2n) is 5.16. The highest BCUT2D eigenvalue weighted by atomic mass is 35.5. The Morgan fingerprint density at radius 3 is 2.48 bits per heavy atom. The number of alkyl halides is 3. The van der Waals surface area contributed by atoms with Gasteiger partial charge in [-0.25, -0.2) is 0 Å². The molecular weight excluding hydrogens is 375 g/mol. The van der Waals surface area contributed by atoms with Crippen molar-refractivity contribution in [2.45, 2.75) is 6.18 Å². The summed E-state index contributed by atoms with van der Waals surface area (Å²) in [6, 6.07) is 10.7. The highest BCUT2D eigenvalue weighted by Gasteiger charge is 2.35. The van der Waals surface area contributed by atoms with Crippen LogP contribution in [-0.4, -0.2) is 15.7 Å². The minimum atomic E-state index is -4.48. The Balaban J connectivity index is 1.80. The van der Waals surface area contributed by atoms with Crippen molar-refractivity contribution in [1.82, 2.24) is 9.78 Å². The zero-order valence-corrected chi connectivity index (χ0v) is 14.3. The van der Waals surface area contributed by atoms with Gasteiger partial charge < -0.3 is 5.32 Å². The molecule has 25 heavy (non-hydrogen) atoms. The summed E-state index contributed by atoms with van der Waals surface area (Å²) in [5.74, 6) is -0.356. The number of benzene rings is 1. The molecular formula is C16H11ClF3N3OS. The van der Waals surface area contributed by atoms with Gasteiger partial charge in [0.15, 0.2) is 0 Å². The molecule has 0 aliphatic carbocycles. The summed E-state index contributed by atoms with van der Waals surface area (Å²) < 4.78 is 39.3. The van der Waals surface area contributed by atoms with Crippen molar-refractivity contribution >= 4 is 34.5 Å². The van der Waals surface area contributed by atoms with Gasteiger partial charge in [0.2, 0.25) is 0 Å². The molecule has 0 bridgehead atoms. The topological polar surface area (TPSA) is 46.9 Å². The number of nitrogens with zero attached hydrogens (tertiary/aromatic N) is 2. The number of aryl methyl sites for hydroxylation is 1. The van der Waals surface area contributed by atoms with E-state index >= 15 is 0 Å². The van der Waals surface area contributed by atoms with Gasteiger partial charge in [-0.1, -0.05) is 11.6 Å². The number of thiophene rings is 1. The van der Waals surface area contributed by atoms with E-state index in [9.17, 15) is 18.0 Å². The summed E-state index contributed by atoms with van der Waals surface area (Å²) in [4.78, 5) is 13.1. The van der Waals surface area contributed by atoms with Gasteiger partial charge in [0.25, 0.3) is 5.91 Å². The van der Waals surface area contributed by atoms with Crippen LogP contribution >= 0.6 is 22.9 Å². The maximum absolute atomic E-state index is 12.9.